The van der Waals surface area contributed by atoms with Crippen molar-refractivity contribution in [2.45, 2.75) is 58.6 Å². The second-order valence-corrected chi connectivity index (χ2v) is 5.22. The van der Waals surface area contributed by atoms with E-state index in [1.807, 2.05) is 0 Å². The fraction of sp³-hybridized carbons (Fsp3) is 1.00. The summed E-state index contributed by atoms with van der Waals surface area (Å²) in [7, 11) is 0. The van der Waals surface area contributed by atoms with Crippen LogP contribution in [0, 0.1) is 5.41 Å². The Labute approximate surface area is 96.7 Å². The smallest absolute Gasteiger partial charge is 0.261 e. The molecule has 0 bridgehead atoms. The zero-order valence-corrected chi connectivity index (χ0v) is 10.4. The number of alkyl halides is 2. The molecule has 0 aromatic heterocycles. The number of ether oxygens (including phenoxy) is 1. The van der Waals surface area contributed by atoms with Gasteiger partial charge in [-0.05, 0) is 31.2 Å². The number of hydrogen-bond donors (Lipinski definition) is 1. The molecule has 2 unspecified atom stereocenters. The summed E-state index contributed by atoms with van der Waals surface area (Å²) in [5.74, 6) is 0. The number of nitrogens with one attached hydrogen (secondary N) is 1. The van der Waals surface area contributed by atoms with E-state index < -0.39 is 13.0 Å². The van der Waals surface area contributed by atoms with Gasteiger partial charge in [-0.25, -0.2) is 8.78 Å². The van der Waals surface area contributed by atoms with Gasteiger partial charge in [-0.3, -0.25) is 0 Å². The van der Waals surface area contributed by atoms with Crippen molar-refractivity contribution < 1.29 is 13.5 Å². The molecule has 1 aliphatic rings. The molecule has 96 valence electrons. The van der Waals surface area contributed by atoms with Crippen LogP contribution in [0.1, 0.15) is 40.0 Å². The van der Waals surface area contributed by atoms with Gasteiger partial charge in [0.2, 0.25) is 0 Å². The van der Waals surface area contributed by atoms with Crippen LogP contribution >= 0.6 is 0 Å². The van der Waals surface area contributed by atoms with Crippen LogP contribution < -0.4 is 5.32 Å². The predicted molar refractivity (Wildman–Crippen MR) is 60.8 cm³/mol. The highest BCUT2D eigenvalue weighted by atomic mass is 19.3. The third-order valence-electron chi connectivity index (χ3n) is 3.34. The van der Waals surface area contributed by atoms with Crippen molar-refractivity contribution in [2.75, 3.05) is 13.2 Å². The molecule has 1 N–H and O–H groups in total. The lowest BCUT2D eigenvalue weighted by molar-refractivity contribution is -0.0363. The molecule has 4 heteroatoms. The first-order valence-corrected chi connectivity index (χ1v) is 6.10. The van der Waals surface area contributed by atoms with Crippen molar-refractivity contribution in [1.29, 1.82) is 0 Å². The van der Waals surface area contributed by atoms with E-state index in [1.165, 1.54) is 0 Å². The second kappa shape index (κ2) is 5.92. The molecule has 0 heterocycles. The third kappa shape index (κ3) is 3.67. The Bertz CT molecular complexity index is 209. The molecule has 0 radical (unpaired) electrons. The molecule has 0 saturated heterocycles. The van der Waals surface area contributed by atoms with E-state index >= 15 is 0 Å². The van der Waals surface area contributed by atoms with Gasteiger partial charge in [0.15, 0.2) is 0 Å². The zero-order valence-electron chi connectivity index (χ0n) is 10.4. The molecule has 0 aliphatic heterocycles. The summed E-state index contributed by atoms with van der Waals surface area (Å²) < 4.78 is 29.5. The number of halogens is 2. The fourth-order valence-corrected chi connectivity index (χ4v) is 2.42. The average molecular weight is 235 g/mol. The lowest BCUT2D eigenvalue weighted by Gasteiger charge is -2.31. The van der Waals surface area contributed by atoms with Gasteiger partial charge in [-0.15, -0.1) is 0 Å². The topological polar surface area (TPSA) is 21.3 Å². The summed E-state index contributed by atoms with van der Waals surface area (Å²) in [6.07, 6.45) is 0.531. The van der Waals surface area contributed by atoms with E-state index in [1.54, 1.807) is 0 Å². The summed E-state index contributed by atoms with van der Waals surface area (Å²) >= 11 is 0. The first kappa shape index (κ1) is 13.8. The standard InChI is InChI=1S/C12H23F2NO/c1-4-7-15-11-9(16-8-10(13)14)5-6-12(11,2)3/h9-11,15H,4-8H2,1-3H3. The number of hydrogen-bond acceptors (Lipinski definition) is 2. The summed E-state index contributed by atoms with van der Waals surface area (Å²) in [6.45, 7) is 6.93. The number of rotatable bonds is 6. The van der Waals surface area contributed by atoms with Crippen molar-refractivity contribution in [3.8, 4) is 0 Å². The summed E-state index contributed by atoms with van der Waals surface area (Å²) in [6, 6.07) is 0.200. The van der Waals surface area contributed by atoms with Crippen molar-refractivity contribution >= 4 is 0 Å². The lowest BCUT2D eigenvalue weighted by Crippen LogP contribution is -2.46. The third-order valence-corrected chi connectivity index (χ3v) is 3.34. The van der Waals surface area contributed by atoms with Crippen molar-refractivity contribution in [3.63, 3.8) is 0 Å². The van der Waals surface area contributed by atoms with Gasteiger partial charge < -0.3 is 10.1 Å². The first-order valence-electron chi connectivity index (χ1n) is 6.10. The Morgan fingerprint density at radius 3 is 2.69 bits per heavy atom. The van der Waals surface area contributed by atoms with Crippen molar-refractivity contribution in [1.82, 2.24) is 5.32 Å². The molecule has 1 fully saturated rings. The highest BCUT2D eigenvalue weighted by molar-refractivity contribution is 4.97. The minimum atomic E-state index is -2.37. The lowest BCUT2D eigenvalue weighted by atomic mass is 9.87. The minimum Gasteiger partial charge on any atom is -0.371 e. The maximum absolute atomic E-state index is 12.1. The van der Waals surface area contributed by atoms with Gasteiger partial charge in [0.25, 0.3) is 6.43 Å². The van der Waals surface area contributed by atoms with Crippen LogP contribution in [-0.2, 0) is 4.74 Å². The van der Waals surface area contributed by atoms with E-state index in [-0.39, 0.29) is 17.6 Å². The van der Waals surface area contributed by atoms with Crippen LogP contribution in [0.25, 0.3) is 0 Å². The minimum absolute atomic E-state index is 0.0597. The van der Waals surface area contributed by atoms with E-state index in [0.717, 1.165) is 25.8 Å². The quantitative estimate of drug-likeness (QED) is 0.764. The Hall–Kier alpha value is -0.220. The Morgan fingerprint density at radius 1 is 1.44 bits per heavy atom. The molecule has 0 aromatic carbocycles. The molecule has 0 aromatic rings. The van der Waals surface area contributed by atoms with Crippen LogP contribution in [0.2, 0.25) is 0 Å². The molecule has 0 amide bonds. The van der Waals surface area contributed by atoms with Crippen LogP contribution in [0.5, 0.6) is 0 Å². The molecular formula is C12H23F2NO. The molecule has 2 atom stereocenters. The molecular weight excluding hydrogens is 212 g/mol. The highest BCUT2D eigenvalue weighted by Gasteiger charge is 2.42. The molecule has 1 rings (SSSR count). The highest BCUT2D eigenvalue weighted by Crippen LogP contribution is 2.39. The largest absolute Gasteiger partial charge is 0.371 e. The van der Waals surface area contributed by atoms with E-state index in [9.17, 15) is 8.78 Å². The predicted octanol–water partition coefficient (Wildman–Crippen LogP) is 2.82. The maximum atomic E-state index is 12.1. The summed E-state index contributed by atoms with van der Waals surface area (Å²) in [4.78, 5) is 0. The van der Waals surface area contributed by atoms with Crippen LogP contribution in [0.4, 0.5) is 8.78 Å². The Kier molecular flexibility index (Phi) is 5.12. The van der Waals surface area contributed by atoms with Crippen LogP contribution in [0.15, 0.2) is 0 Å². The fourth-order valence-electron chi connectivity index (χ4n) is 2.42. The van der Waals surface area contributed by atoms with Gasteiger partial charge in [0, 0.05) is 6.04 Å². The Balaban J connectivity index is 2.48. The van der Waals surface area contributed by atoms with Gasteiger partial charge in [0.05, 0.1) is 6.10 Å². The average Bonchev–Trinajstić information content (AvgIpc) is 2.48. The van der Waals surface area contributed by atoms with Crippen molar-refractivity contribution in [3.05, 3.63) is 0 Å². The zero-order chi connectivity index (χ0) is 12.2. The van der Waals surface area contributed by atoms with E-state index in [4.69, 9.17) is 4.74 Å². The monoisotopic (exact) mass is 235 g/mol. The SMILES string of the molecule is CCCNC1C(OCC(F)F)CCC1(C)C. The Morgan fingerprint density at radius 2 is 2.12 bits per heavy atom. The molecule has 2 nitrogen and oxygen atoms in total. The second-order valence-electron chi connectivity index (χ2n) is 5.22. The van der Waals surface area contributed by atoms with Gasteiger partial charge >= 0.3 is 0 Å². The van der Waals surface area contributed by atoms with E-state index in [2.05, 4.69) is 26.1 Å². The molecule has 1 saturated carbocycles. The normalized spacial score (nSPS) is 28.9. The van der Waals surface area contributed by atoms with Gasteiger partial charge in [-0.1, -0.05) is 20.8 Å². The van der Waals surface area contributed by atoms with Gasteiger partial charge in [0.1, 0.15) is 6.61 Å². The van der Waals surface area contributed by atoms with Gasteiger partial charge in [-0.2, -0.15) is 0 Å². The molecule has 16 heavy (non-hydrogen) atoms. The maximum Gasteiger partial charge on any atom is 0.261 e. The van der Waals surface area contributed by atoms with Crippen LogP contribution in [-0.4, -0.2) is 31.7 Å². The first-order chi connectivity index (χ1) is 7.47. The summed E-state index contributed by atoms with van der Waals surface area (Å²) in [5.41, 5.74) is 0.141. The van der Waals surface area contributed by atoms with E-state index in [0.29, 0.717) is 0 Å². The molecule has 0 spiro atoms. The van der Waals surface area contributed by atoms with Crippen LogP contribution in [0.3, 0.4) is 0 Å². The summed E-state index contributed by atoms with van der Waals surface area (Å²) in [5, 5.41) is 3.43. The van der Waals surface area contributed by atoms with Crippen molar-refractivity contribution in [2.24, 2.45) is 5.41 Å². The molecule has 1 aliphatic carbocycles.